The summed E-state index contributed by atoms with van der Waals surface area (Å²) in [4.78, 5) is 35.9. The van der Waals surface area contributed by atoms with Crippen LogP contribution in [0.1, 0.15) is 16.1 Å². The van der Waals surface area contributed by atoms with Crippen LogP contribution in [0.15, 0.2) is 44.5 Å². The normalized spacial score (nSPS) is 9.84. The first-order valence-electron chi connectivity index (χ1n) is 6.63. The van der Waals surface area contributed by atoms with Gasteiger partial charge in [-0.05, 0) is 44.0 Å². The van der Waals surface area contributed by atoms with E-state index in [1.165, 1.54) is 12.3 Å². The molecule has 2 N–H and O–H groups in total. The quantitative estimate of drug-likeness (QED) is 0.339. The van der Waals surface area contributed by atoms with Crippen molar-refractivity contribution >= 4 is 49.1 Å². The van der Waals surface area contributed by atoms with Gasteiger partial charge < -0.3 is 14.8 Å². The van der Waals surface area contributed by atoms with Crippen molar-refractivity contribution in [1.82, 2.24) is 14.6 Å². The van der Waals surface area contributed by atoms with Crippen molar-refractivity contribution in [2.24, 2.45) is 0 Å². The van der Waals surface area contributed by atoms with Crippen LogP contribution in [-0.4, -0.2) is 33.5 Å². The molecule has 0 saturated carbocycles. The topological polar surface area (TPSA) is 120 Å². The molecule has 0 amide bonds. The van der Waals surface area contributed by atoms with Gasteiger partial charge in [0.2, 0.25) is 5.43 Å². The summed E-state index contributed by atoms with van der Waals surface area (Å²) < 4.78 is 7.33. The van der Waals surface area contributed by atoms with Gasteiger partial charge in [-0.1, -0.05) is 0 Å². The van der Waals surface area contributed by atoms with Gasteiger partial charge in [0.15, 0.2) is 0 Å². The predicted octanol–water partition coefficient (Wildman–Crippen LogP) is 2.39. The van der Waals surface area contributed by atoms with Crippen molar-refractivity contribution < 1.29 is 14.3 Å². The van der Waals surface area contributed by atoms with Crippen molar-refractivity contribution in [3.05, 3.63) is 61.1 Å². The molecular weight excluding hydrogens is 460 g/mol. The van der Waals surface area contributed by atoms with E-state index in [1.807, 2.05) is 6.07 Å². The van der Waals surface area contributed by atoms with Crippen molar-refractivity contribution in [3.8, 4) is 6.07 Å². The SMILES string of the molecule is COC(=O)C(=O)c1cc(Br)c[nH]1.N#Cc1c[nH]n2cc(Br)cc2c1=O. The number of fused-ring (bicyclic) bond motifs is 1. The van der Waals surface area contributed by atoms with Gasteiger partial charge in [0.1, 0.15) is 17.1 Å². The van der Waals surface area contributed by atoms with E-state index >= 15 is 0 Å². The zero-order valence-electron chi connectivity index (χ0n) is 12.7. The molecule has 8 nitrogen and oxygen atoms in total. The molecule has 0 aromatic carbocycles. The summed E-state index contributed by atoms with van der Waals surface area (Å²) in [6, 6.07) is 5.00. The molecular formula is C15H10Br2N4O4. The highest BCUT2D eigenvalue weighted by molar-refractivity contribution is 9.10. The molecule has 3 rings (SSSR count). The summed E-state index contributed by atoms with van der Waals surface area (Å²) in [5.41, 5.74) is 0.546. The molecule has 0 spiro atoms. The summed E-state index contributed by atoms with van der Waals surface area (Å²) in [7, 11) is 1.16. The minimum absolute atomic E-state index is 0.123. The van der Waals surface area contributed by atoms with Crippen molar-refractivity contribution in [1.29, 1.82) is 5.26 Å². The van der Waals surface area contributed by atoms with E-state index in [0.29, 0.717) is 5.52 Å². The Bertz CT molecular complexity index is 1040. The number of hydrogen-bond acceptors (Lipinski definition) is 5. The van der Waals surface area contributed by atoms with Crippen molar-refractivity contribution in [2.75, 3.05) is 7.11 Å². The number of nitrogens with one attached hydrogen (secondary N) is 2. The second kappa shape index (κ2) is 7.96. The number of carbonyl (C=O) groups excluding carboxylic acids is 2. The highest BCUT2D eigenvalue weighted by Gasteiger charge is 2.17. The number of methoxy groups -OCH3 is 1. The highest BCUT2D eigenvalue weighted by Crippen LogP contribution is 2.12. The van der Waals surface area contributed by atoms with E-state index in [1.54, 1.807) is 23.0 Å². The first-order valence-corrected chi connectivity index (χ1v) is 8.22. The smallest absolute Gasteiger partial charge is 0.380 e. The Morgan fingerprint density at radius 2 is 1.96 bits per heavy atom. The Kier molecular flexibility index (Phi) is 5.95. The number of hydrogen-bond donors (Lipinski definition) is 2. The summed E-state index contributed by atoms with van der Waals surface area (Å²) in [6.45, 7) is 0. The third kappa shape index (κ3) is 4.26. The lowest BCUT2D eigenvalue weighted by Gasteiger charge is -1.93. The average Bonchev–Trinajstić information content (AvgIpc) is 3.20. The fraction of sp³-hybridized carbons (Fsp3) is 0.0667. The van der Waals surface area contributed by atoms with E-state index in [9.17, 15) is 14.4 Å². The largest absolute Gasteiger partial charge is 0.463 e. The number of aromatic amines is 2. The van der Waals surface area contributed by atoms with Gasteiger partial charge in [-0.15, -0.1) is 0 Å². The fourth-order valence-electron chi connectivity index (χ4n) is 1.83. The Labute approximate surface area is 157 Å². The van der Waals surface area contributed by atoms with Crippen LogP contribution in [0.4, 0.5) is 0 Å². The third-order valence-electron chi connectivity index (χ3n) is 3.00. The van der Waals surface area contributed by atoms with Gasteiger partial charge in [0, 0.05) is 27.5 Å². The van der Waals surface area contributed by atoms with Crippen LogP contribution in [0.2, 0.25) is 0 Å². The summed E-state index contributed by atoms with van der Waals surface area (Å²) >= 11 is 6.38. The molecule has 0 fully saturated rings. The standard InChI is InChI=1S/C8H4BrN3O.C7H6BrNO3/c9-6-1-7-8(13)5(2-10)3-11-12(7)4-6;1-12-7(11)6(10)5-2-4(8)3-9-5/h1,3-4,11H;2-3,9H,1H3. The number of halogens is 2. The molecule has 0 aliphatic rings. The molecule has 10 heteroatoms. The van der Waals surface area contributed by atoms with Crippen LogP contribution in [0.3, 0.4) is 0 Å². The minimum Gasteiger partial charge on any atom is -0.463 e. The van der Waals surface area contributed by atoms with E-state index in [2.05, 4.69) is 46.7 Å². The molecule has 0 saturated heterocycles. The highest BCUT2D eigenvalue weighted by atomic mass is 79.9. The molecule has 0 bridgehead atoms. The summed E-state index contributed by atoms with van der Waals surface area (Å²) in [5.74, 6) is -1.55. The number of carbonyl (C=O) groups is 2. The first kappa shape index (κ1) is 18.7. The van der Waals surface area contributed by atoms with Crippen LogP contribution >= 0.6 is 31.9 Å². The zero-order valence-corrected chi connectivity index (χ0v) is 15.8. The third-order valence-corrected chi connectivity index (χ3v) is 3.89. The number of aromatic nitrogens is 3. The fourth-order valence-corrected chi connectivity index (χ4v) is 2.60. The maximum atomic E-state index is 11.5. The molecule has 0 radical (unpaired) electrons. The minimum atomic E-state index is -0.871. The number of esters is 1. The van der Waals surface area contributed by atoms with Gasteiger partial charge in [-0.2, -0.15) is 5.26 Å². The maximum Gasteiger partial charge on any atom is 0.380 e. The van der Waals surface area contributed by atoms with E-state index in [0.717, 1.165) is 16.1 Å². The molecule has 0 atom stereocenters. The van der Waals surface area contributed by atoms with Crippen LogP contribution in [0, 0.1) is 11.3 Å². The van der Waals surface area contributed by atoms with Crippen molar-refractivity contribution in [3.63, 3.8) is 0 Å². The average molecular weight is 470 g/mol. The van der Waals surface area contributed by atoms with E-state index in [-0.39, 0.29) is 16.7 Å². The summed E-state index contributed by atoms with van der Waals surface area (Å²) in [5, 5.41) is 11.4. The number of H-pyrrole nitrogens is 2. The Morgan fingerprint density at radius 1 is 1.24 bits per heavy atom. The lowest BCUT2D eigenvalue weighted by molar-refractivity contribution is -0.135. The first-order chi connectivity index (χ1) is 11.9. The molecule has 0 aliphatic carbocycles. The maximum absolute atomic E-state index is 11.5. The predicted molar refractivity (Wildman–Crippen MR) is 95.3 cm³/mol. The van der Waals surface area contributed by atoms with Crippen molar-refractivity contribution in [2.45, 2.75) is 0 Å². The zero-order chi connectivity index (χ0) is 18.6. The van der Waals surface area contributed by atoms with Crippen LogP contribution in [-0.2, 0) is 9.53 Å². The van der Waals surface area contributed by atoms with Crippen LogP contribution in [0.5, 0.6) is 0 Å². The lowest BCUT2D eigenvalue weighted by atomic mass is 10.3. The Balaban J connectivity index is 0.000000181. The van der Waals surface area contributed by atoms with Crippen LogP contribution < -0.4 is 5.43 Å². The lowest BCUT2D eigenvalue weighted by Crippen LogP contribution is -2.15. The van der Waals surface area contributed by atoms with E-state index in [4.69, 9.17) is 5.26 Å². The number of ether oxygens (including phenoxy) is 1. The monoisotopic (exact) mass is 468 g/mol. The van der Waals surface area contributed by atoms with E-state index < -0.39 is 11.8 Å². The number of Topliss-reactive ketones (excluding diaryl/α,β-unsaturated/α-hetero) is 1. The Morgan fingerprint density at radius 3 is 2.52 bits per heavy atom. The van der Waals surface area contributed by atoms with Gasteiger partial charge in [0.05, 0.1) is 12.8 Å². The Hall–Kier alpha value is -2.64. The number of nitrogens with zero attached hydrogens (tertiary/aromatic N) is 2. The molecule has 25 heavy (non-hydrogen) atoms. The number of nitriles is 1. The molecule has 3 heterocycles. The second-order valence-corrected chi connectivity index (χ2v) is 6.43. The number of rotatable bonds is 2. The van der Waals surface area contributed by atoms with Gasteiger partial charge in [0.25, 0.3) is 5.78 Å². The summed E-state index contributed by atoms with van der Waals surface area (Å²) in [6.07, 6.45) is 4.68. The van der Waals surface area contributed by atoms with Crippen LogP contribution in [0.25, 0.3) is 5.52 Å². The molecule has 128 valence electrons. The van der Waals surface area contributed by atoms with Gasteiger partial charge in [-0.25, -0.2) is 4.79 Å². The molecule has 3 aromatic heterocycles. The molecule has 3 aromatic rings. The molecule has 0 aliphatic heterocycles. The van der Waals surface area contributed by atoms with Gasteiger partial charge >= 0.3 is 5.97 Å². The second-order valence-electron chi connectivity index (χ2n) is 4.59. The molecule has 0 unspecified atom stereocenters. The van der Waals surface area contributed by atoms with Gasteiger partial charge in [-0.3, -0.25) is 14.1 Å². The number of ketones is 1.